The smallest absolute Gasteiger partial charge is 0.0931 e. The molecule has 94 valence electrons. The maximum absolute atomic E-state index is 5.92. The predicted molar refractivity (Wildman–Crippen MR) is 80.9 cm³/mol. The van der Waals surface area contributed by atoms with Crippen LogP contribution < -0.4 is 5.32 Å². The summed E-state index contributed by atoms with van der Waals surface area (Å²) < 4.78 is 0.869. The highest BCUT2D eigenvalue weighted by atomic mass is 35.5. The Kier molecular flexibility index (Phi) is 3.94. The van der Waals surface area contributed by atoms with Gasteiger partial charge in [-0.3, -0.25) is 0 Å². The first-order valence-corrected chi connectivity index (χ1v) is 8.17. The van der Waals surface area contributed by atoms with Gasteiger partial charge in [-0.25, -0.2) is 0 Å². The number of halogens is 1. The third kappa shape index (κ3) is 2.75. The van der Waals surface area contributed by atoms with E-state index in [1.165, 1.54) is 21.1 Å². The SMILES string of the molecule is Clc1ccc(CNCC2CSc3ccccc32)s1. The van der Waals surface area contributed by atoms with Gasteiger partial charge in [-0.1, -0.05) is 29.8 Å². The molecule has 4 heteroatoms. The largest absolute Gasteiger partial charge is 0.311 e. The summed E-state index contributed by atoms with van der Waals surface area (Å²) in [6.45, 7) is 1.96. The van der Waals surface area contributed by atoms with E-state index in [4.69, 9.17) is 11.6 Å². The molecule has 1 aromatic carbocycles. The molecule has 0 bridgehead atoms. The van der Waals surface area contributed by atoms with E-state index in [9.17, 15) is 0 Å². The molecule has 0 saturated heterocycles. The van der Waals surface area contributed by atoms with Gasteiger partial charge in [0, 0.05) is 34.5 Å². The molecule has 0 amide bonds. The molecular weight excluding hydrogens is 282 g/mol. The van der Waals surface area contributed by atoms with Crippen LogP contribution in [0.4, 0.5) is 0 Å². The van der Waals surface area contributed by atoms with Crippen molar-refractivity contribution in [1.29, 1.82) is 0 Å². The molecule has 0 aliphatic carbocycles. The van der Waals surface area contributed by atoms with Crippen molar-refractivity contribution in [2.75, 3.05) is 12.3 Å². The number of fused-ring (bicyclic) bond motifs is 1. The molecule has 1 nitrogen and oxygen atoms in total. The lowest BCUT2D eigenvalue weighted by molar-refractivity contribution is 0.625. The minimum Gasteiger partial charge on any atom is -0.311 e. The van der Waals surface area contributed by atoms with Crippen LogP contribution in [0.3, 0.4) is 0 Å². The molecule has 1 aliphatic rings. The van der Waals surface area contributed by atoms with Crippen molar-refractivity contribution in [2.45, 2.75) is 17.4 Å². The average Bonchev–Trinajstić information content (AvgIpc) is 2.97. The zero-order valence-corrected chi connectivity index (χ0v) is 12.2. The highest BCUT2D eigenvalue weighted by Crippen LogP contribution is 2.38. The van der Waals surface area contributed by atoms with Crippen LogP contribution >= 0.6 is 34.7 Å². The number of benzene rings is 1. The van der Waals surface area contributed by atoms with Gasteiger partial charge in [-0.15, -0.1) is 23.1 Å². The van der Waals surface area contributed by atoms with Gasteiger partial charge < -0.3 is 5.32 Å². The summed E-state index contributed by atoms with van der Waals surface area (Å²) >= 11 is 9.54. The van der Waals surface area contributed by atoms with Gasteiger partial charge in [0.25, 0.3) is 0 Å². The van der Waals surface area contributed by atoms with Crippen LogP contribution in [0.1, 0.15) is 16.4 Å². The Morgan fingerprint density at radius 2 is 2.11 bits per heavy atom. The van der Waals surface area contributed by atoms with Crippen LogP contribution in [0.2, 0.25) is 4.34 Å². The van der Waals surface area contributed by atoms with E-state index in [1.54, 1.807) is 11.3 Å². The summed E-state index contributed by atoms with van der Waals surface area (Å²) in [5, 5.41) is 3.54. The molecule has 1 atom stereocenters. The molecule has 1 aromatic heterocycles. The highest BCUT2D eigenvalue weighted by molar-refractivity contribution is 7.99. The van der Waals surface area contributed by atoms with Crippen molar-refractivity contribution < 1.29 is 0 Å². The van der Waals surface area contributed by atoms with Crippen LogP contribution in [0, 0.1) is 0 Å². The summed E-state index contributed by atoms with van der Waals surface area (Å²) in [7, 11) is 0. The summed E-state index contributed by atoms with van der Waals surface area (Å²) in [6.07, 6.45) is 0. The van der Waals surface area contributed by atoms with E-state index in [1.807, 2.05) is 17.8 Å². The van der Waals surface area contributed by atoms with E-state index in [0.717, 1.165) is 17.4 Å². The predicted octanol–water partition coefficient (Wildman–Crippen LogP) is 4.38. The molecule has 0 spiro atoms. The molecule has 0 fully saturated rings. The van der Waals surface area contributed by atoms with Crippen molar-refractivity contribution >= 4 is 34.7 Å². The molecule has 2 heterocycles. The number of rotatable bonds is 4. The number of hydrogen-bond acceptors (Lipinski definition) is 3. The normalized spacial score (nSPS) is 17.9. The molecule has 18 heavy (non-hydrogen) atoms. The Morgan fingerprint density at radius 1 is 1.22 bits per heavy atom. The standard InChI is InChI=1S/C14H14ClNS2/c15-14-6-5-11(18-14)8-16-7-10-9-17-13-4-2-1-3-12(10)13/h1-6,10,16H,7-9H2. The maximum atomic E-state index is 5.92. The van der Waals surface area contributed by atoms with Crippen molar-refractivity contribution in [1.82, 2.24) is 5.32 Å². The zero-order valence-electron chi connectivity index (χ0n) is 9.86. The Labute approximate surface area is 121 Å². The minimum absolute atomic E-state index is 0.640. The topological polar surface area (TPSA) is 12.0 Å². The van der Waals surface area contributed by atoms with Gasteiger partial charge in [-0.05, 0) is 23.8 Å². The summed E-state index contributed by atoms with van der Waals surface area (Å²) in [5.74, 6) is 1.83. The lowest BCUT2D eigenvalue weighted by atomic mass is 10.0. The summed E-state index contributed by atoms with van der Waals surface area (Å²) in [5.41, 5.74) is 1.50. The molecule has 1 aliphatic heterocycles. The van der Waals surface area contributed by atoms with Crippen molar-refractivity contribution in [2.24, 2.45) is 0 Å². The van der Waals surface area contributed by atoms with Crippen molar-refractivity contribution in [3.8, 4) is 0 Å². The van der Waals surface area contributed by atoms with Gasteiger partial charge in [0.2, 0.25) is 0 Å². The first kappa shape index (κ1) is 12.5. The van der Waals surface area contributed by atoms with Gasteiger partial charge in [-0.2, -0.15) is 0 Å². The molecule has 0 radical (unpaired) electrons. The number of nitrogens with one attached hydrogen (secondary N) is 1. The Balaban J connectivity index is 1.56. The van der Waals surface area contributed by atoms with E-state index in [0.29, 0.717) is 5.92 Å². The molecule has 3 rings (SSSR count). The van der Waals surface area contributed by atoms with Crippen LogP contribution in [0.15, 0.2) is 41.3 Å². The number of thioether (sulfide) groups is 1. The lowest BCUT2D eigenvalue weighted by Crippen LogP contribution is -2.20. The Morgan fingerprint density at radius 3 is 2.94 bits per heavy atom. The second-order valence-electron chi connectivity index (χ2n) is 4.38. The van der Waals surface area contributed by atoms with Gasteiger partial charge >= 0.3 is 0 Å². The van der Waals surface area contributed by atoms with Gasteiger partial charge in [0.1, 0.15) is 0 Å². The molecular formula is C14H14ClNS2. The van der Waals surface area contributed by atoms with Crippen LogP contribution in [0.25, 0.3) is 0 Å². The quantitative estimate of drug-likeness (QED) is 0.898. The fourth-order valence-corrected chi connectivity index (χ4v) is 4.53. The van der Waals surface area contributed by atoms with E-state index in [-0.39, 0.29) is 0 Å². The highest BCUT2D eigenvalue weighted by Gasteiger charge is 2.21. The van der Waals surface area contributed by atoms with Gasteiger partial charge in [0.15, 0.2) is 0 Å². The number of hydrogen-bond donors (Lipinski definition) is 1. The molecule has 1 N–H and O–H groups in total. The van der Waals surface area contributed by atoms with Crippen molar-refractivity contribution in [3.63, 3.8) is 0 Å². The average molecular weight is 296 g/mol. The third-order valence-electron chi connectivity index (χ3n) is 3.12. The van der Waals surface area contributed by atoms with Crippen LogP contribution in [-0.4, -0.2) is 12.3 Å². The third-order valence-corrected chi connectivity index (χ3v) is 5.60. The second-order valence-corrected chi connectivity index (χ2v) is 7.24. The molecule has 2 aromatic rings. The minimum atomic E-state index is 0.640. The molecule has 0 saturated carbocycles. The fourth-order valence-electron chi connectivity index (χ4n) is 2.21. The fraction of sp³-hybridized carbons (Fsp3) is 0.286. The Hall–Kier alpha value is -0.480. The molecule has 1 unspecified atom stereocenters. The van der Waals surface area contributed by atoms with E-state index < -0.39 is 0 Å². The zero-order chi connectivity index (χ0) is 12.4. The Bertz CT molecular complexity index is 538. The van der Waals surface area contributed by atoms with E-state index in [2.05, 4.69) is 35.6 Å². The van der Waals surface area contributed by atoms with Crippen molar-refractivity contribution in [3.05, 3.63) is 51.2 Å². The number of thiophene rings is 1. The first-order valence-electron chi connectivity index (χ1n) is 5.99. The van der Waals surface area contributed by atoms with Crippen LogP contribution in [0.5, 0.6) is 0 Å². The van der Waals surface area contributed by atoms with Gasteiger partial charge in [0.05, 0.1) is 4.34 Å². The lowest BCUT2D eigenvalue weighted by Gasteiger charge is -2.11. The second kappa shape index (κ2) is 5.66. The first-order chi connectivity index (χ1) is 8.83. The monoisotopic (exact) mass is 295 g/mol. The van der Waals surface area contributed by atoms with E-state index >= 15 is 0 Å². The summed E-state index contributed by atoms with van der Waals surface area (Å²) in [6, 6.07) is 12.8. The summed E-state index contributed by atoms with van der Waals surface area (Å²) in [4.78, 5) is 2.75. The van der Waals surface area contributed by atoms with Crippen LogP contribution in [-0.2, 0) is 6.54 Å². The maximum Gasteiger partial charge on any atom is 0.0931 e.